The number of hydrogen-bond donors (Lipinski definition) is 1. The van der Waals surface area contributed by atoms with E-state index in [4.69, 9.17) is 16.9 Å². The molecule has 0 amide bonds. The summed E-state index contributed by atoms with van der Waals surface area (Å²) in [5.41, 5.74) is -2.49. The molecule has 21 heavy (non-hydrogen) atoms. The summed E-state index contributed by atoms with van der Waals surface area (Å²) in [6.07, 6.45) is -1.76. The number of benzene rings is 1. The highest BCUT2D eigenvalue weighted by atomic mass is 35.5. The van der Waals surface area contributed by atoms with Crippen LogP contribution in [-0.4, -0.2) is 16.3 Å². The molecule has 0 bridgehead atoms. The Bertz CT molecular complexity index is 642. The first kappa shape index (κ1) is 17.1. The molecule has 0 fully saturated rings. The Morgan fingerprint density at radius 2 is 2.19 bits per heavy atom. The third-order valence-electron chi connectivity index (χ3n) is 2.14. The van der Waals surface area contributed by atoms with Crippen LogP contribution in [0.15, 0.2) is 17.1 Å². The third-order valence-corrected chi connectivity index (χ3v) is 3.04. The van der Waals surface area contributed by atoms with Crippen molar-refractivity contribution in [3.8, 4) is 6.19 Å². The summed E-state index contributed by atoms with van der Waals surface area (Å²) < 4.78 is 38.3. The number of halogens is 4. The van der Waals surface area contributed by atoms with Crippen molar-refractivity contribution >= 4 is 39.9 Å². The summed E-state index contributed by atoms with van der Waals surface area (Å²) in [5.74, 6) is 0. The molecule has 0 aliphatic carbocycles. The topological polar surface area (TPSA) is 91.3 Å². The molecule has 1 aromatic rings. The Hall–Kier alpha value is -1.99. The quantitative estimate of drug-likeness (QED) is 0.222. The number of nitro benzene ring substituents is 1. The number of aliphatic imine (C=N–C) groups is 1. The second-order valence-corrected chi connectivity index (χ2v) is 4.64. The number of nitriles is 1. The van der Waals surface area contributed by atoms with Crippen molar-refractivity contribution in [1.29, 1.82) is 5.26 Å². The standard InChI is InChI=1S/C10H6ClF3N4O2S/c1-21-9(16-4-15)17-7-2-5(10(12,13)14)6(11)3-8(7)18(19)20/h2-3H,1H3,(H,16,17). The van der Waals surface area contributed by atoms with Gasteiger partial charge in [-0.15, -0.1) is 0 Å². The van der Waals surface area contributed by atoms with E-state index >= 15 is 0 Å². The van der Waals surface area contributed by atoms with Crippen LogP contribution in [0.4, 0.5) is 24.5 Å². The first-order valence-electron chi connectivity index (χ1n) is 5.03. The van der Waals surface area contributed by atoms with Crippen molar-refractivity contribution in [3.05, 3.63) is 32.8 Å². The van der Waals surface area contributed by atoms with E-state index in [0.717, 1.165) is 11.8 Å². The Balaban J connectivity index is 3.54. The van der Waals surface area contributed by atoms with Crippen molar-refractivity contribution in [2.45, 2.75) is 6.18 Å². The number of amidine groups is 1. The molecule has 1 aromatic carbocycles. The van der Waals surface area contributed by atoms with Crippen LogP contribution in [0.5, 0.6) is 0 Å². The summed E-state index contributed by atoms with van der Waals surface area (Å²) >= 11 is 6.32. The molecule has 0 aliphatic rings. The van der Waals surface area contributed by atoms with Crippen LogP contribution in [0, 0.1) is 21.6 Å². The van der Waals surface area contributed by atoms with Gasteiger partial charge in [0.15, 0.2) is 11.4 Å². The predicted molar refractivity (Wildman–Crippen MR) is 72.5 cm³/mol. The SMILES string of the molecule is CSC(=Nc1cc(C(F)(F)F)c(Cl)cc1[N+](=O)[O-])NC#N. The van der Waals surface area contributed by atoms with Gasteiger partial charge in [-0.05, 0) is 12.3 Å². The van der Waals surface area contributed by atoms with Gasteiger partial charge in [0.25, 0.3) is 5.69 Å². The van der Waals surface area contributed by atoms with Crippen LogP contribution in [0.25, 0.3) is 0 Å². The third kappa shape index (κ3) is 4.24. The zero-order valence-electron chi connectivity index (χ0n) is 10.2. The van der Waals surface area contributed by atoms with Crippen molar-refractivity contribution < 1.29 is 18.1 Å². The lowest BCUT2D eigenvalue weighted by Gasteiger charge is -2.10. The summed E-state index contributed by atoms with van der Waals surface area (Å²) in [5, 5.41) is 20.5. The Labute approximate surface area is 125 Å². The van der Waals surface area contributed by atoms with E-state index in [1.165, 1.54) is 12.4 Å². The first-order valence-corrected chi connectivity index (χ1v) is 6.64. The largest absolute Gasteiger partial charge is 0.417 e. The van der Waals surface area contributed by atoms with Gasteiger partial charge >= 0.3 is 6.18 Å². The predicted octanol–water partition coefficient (Wildman–Crippen LogP) is 3.69. The average Bonchev–Trinajstić information content (AvgIpc) is 2.37. The van der Waals surface area contributed by atoms with Gasteiger partial charge < -0.3 is 0 Å². The molecule has 6 nitrogen and oxygen atoms in total. The fraction of sp³-hybridized carbons (Fsp3) is 0.200. The highest BCUT2D eigenvalue weighted by Crippen LogP contribution is 2.41. The highest BCUT2D eigenvalue weighted by molar-refractivity contribution is 8.13. The minimum atomic E-state index is -4.78. The lowest BCUT2D eigenvalue weighted by molar-refractivity contribution is -0.384. The smallest absolute Gasteiger partial charge is 0.271 e. The second-order valence-electron chi connectivity index (χ2n) is 3.43. The number of nitrogens with one attached hydrogen (secondary N) is 1. The normalized spacial score (nSPS) is 11.9. The summed E-state index contributed by atoms with van der Waals surface area (Å²) in [6.45, 7) is 0. The molecule has 1 rings (SSSR count). The number of hydrogen-bond acceptors (Lipinski definition) is 5. The first-order chi connectivity index (χ1) is 9.70. The van der Waals surface area contributed by atoms with Crippen molar-refractivity contribution in [2.75, 3.05) is 6.26 Å². The molecule has 0 aromatic heterocycles. The number of alkyl halides is 3. The fourth-order valence-corrected chi connectivity index (χ4v) is 1.89. The van der Waals surface area contributed by atoms with E-state index < -0.39 is 33.1 Å². The van der Waals surface area contributed by atoms with Crippen LogP contribution in [-0.2, 0) is 6.18 Å². The molecule has 0 unspecified atom stereocenters. The molecule has 1 N–H and O–H groups in total. The molecule has 0 aliphatic heterocycles. The van der Waals surface area contributed by atoms with Crippen molar-refractivity contribution in [3.63, 3.8) is 0 Å². The zero-order chi connectivity index (χ0) is 16.2. The molecular formula is C10H6ClF3N4O2S. The van der Waals surface area contributed by atoms with E-state index in [2.05, 4.69) is 10.3 Å². The van der Waals surface area contributed by atoms with Gasteiger partial charge in [0, 0.05) is 6.07 Å². The van der Waals surface area contributed by atoms with E-state index in [-0.39, 0.29) is 5.17 Å². The highest BCUT2D eigenvalue weighted by Gasteiger charge is 2.35. The Morgan fingerprint density at radius 1 is 1.57 bits per heavy atom. The zero-order valence-corrected chi connectivity index (χ0v) is 11.8. The van der Waals surface area contributed by atoms with Crippen molar-refractivity contribution in [2.24, 2.45) is 4.99 Å². The Kier molecular flexibility index (Phi) is 5.40. The van der Waals surface area contributed by atoms with Gasteiger partial charge in [0.2, 0.25) is 0 Å². The van der Waals surface area contributed by atoms with Crippen LogP contribution in [0.3, 0.4) is 0 Å². The van der Waals surface area contributed by atoms with Gasteiger partial charge in [-0.1, -0.05) is 23.4 Å². The monoisotopic (exact) mass is 338 g/mol. The molecule has 11 heteroatoms. The van der Waals surface area contributed by atoms with E-state index in [9.17, 15) is 23.3 Å². The molecule has 0 radical (unpaired) electrons. The van der Waals surface area contributed by atoms with Crippen LogP contribution in [0.2, 0.25) is 5.02 Å². The molecular weight excluding hydrogens is 333 g/mol. The maximum absolute atomic E-state index is 12.8. The molecule has 0 spiro atoms. The van der Waals surface area contributed by atoms with Crippen LogP contribution in [0.1, 0.15) is 5.56 Å². The lowest BCUT2D eigenvalue weighted by Crippen LogP contribution is -2.13. The van der Waals surface area contributed by atoms with Gasteiger partial charge in [0.1, 0.15) is 5.69 Å². The van der Waals surface area contributed by atoms with Gasteiger partial charge in [-0.3, -0.25) is 15.4 Å². The molecule has 112 valence electrons. The van der Waals surface area contributed by atoms with Crippen LogP contribution < -0.4 is 5.32 Å². The fourth-order valence-electron chi connectivity index (χ4n) is 1.29. The Morgan fingerprint density at radius 3 is 2.62 bits per heavy atom. The van der Waals surface area contributed by atoms with Gasteiger partial charge in [0.05, 0.1) is 15.5 Å². The van der Waals surface area contributed by atoms with Crippen LogP contribution >= 0.6 is 23.4 Å². The van der Waals surface area contributed by atoms with Gasteiger partial charge in [-0.25, -0.2) is 4.99 Å². The second kappa shape index (κ2) is 6.64. The number of thioether (sulfide) groups is 1. The minimum absolute atomic E-state index is 0.0870. The van der Waals surface area contributed by atoms with E-state index in [1.807, 2.05) is 0 Å². The molecule has 0 heterocycles. The maximum Gasteiger partial charge on any atom is 0.417 e. The average molecular weight is 339 g/mol. The molecule has 0 saturated heterocycles. The van der Waals surface area contributed by atoms with E-state index in [1.54, 1.807) is 0 Å². The van der Waals surface area contributed by atoms with E-state index in [0.29, 0.717) is 12.1 Å². The van der Waals surface area contributed by atoms with Crippen molar-refractivity contribution in [1.82, 2.24) is 5.32 Å². The summed E-state index contributed by atoms with van der Waals surface area (Å²) in [6, 6.07) is 1.04. The van der Waals surface area contributed by atoms with Gasteiger partial charge in [-0.2, -0.15) is 18.4 Å². The number of rotatable bonds is 2. The summed E-state index contributed by atoms with van der Waals surface area (Å²) in [4.78, 5) is 13.6. The minimum Gasteiger partial charge on any atom is -0.271 e. The molecule has 0 atom stereocenters. The lowest BCUT2D eigenvalue weighted by atomic mass is 10.1. The number of nitrogens with zero attached hydrogens (tertiary/aromatic N) is 3. The number of nitro groups is 1. The summed E-state index contributed by atoms with van der Waals surface area (Å²) in [7, 11) is 0. The maximum atomic E-state index is 12.8. The molecule has 0 saturated carbocycles.